The summed E-state index contributed by atoms with van der Waals surface area (Å²) in [5.41, 5.74) is 3.11. The lowest BCUT2D eigenvalue weighted by Crippen LogP contribution is -2.34. The Kier molecular flexibility index (Phi) is 6.90. The molecule has 3 rings (SSSR count). The number of thiazole rings is 1. The van der Waals surface area contributed by atoms with Gasteiger partial charge in [-0.2, -0.15) is 0 Å². The van der Waals surface area contributed by atoms with Crippen LogP contribution in [0.4, 0.5) is 15.2 Å². The van der Waals surface area contributed by atoms with Gasteiger partial charge < -0.3 is 10.2 Å². The molecule has 0 aliphatic carbocycles. The Hall–Kier alpha value is -2.84. The van der Waals surface area contributed by atoms with Crippen molar-refractivity contribution >= 4 is 45.4 Å². The lowest BCUT2D eigenvalue weighted by Gasteiger charge is -2.21. The van der Waals surface area contributed by atoms with E-state index in [0.717, 1.165) is 24.3 Å². The van der Waals surface area contributed by atoms with Crippen LogP contribution in [0.5, 0.6) is 0 Å². The van der Waals surface area contributed by atoms with E-state index in [1.807, 2.05) is 17.5 Å². The van der Waals surface area contributed by atoms with Crippen LogP contribution < -0.4 is 15.5 Å². The van der Waals surface area contributed by atoms with Gasteiger partial charge in [0.15, 0.2) is 10.2 Å². The molecule has 0 radical (unpaired) electrons. The number of aromatic nitrogens is 1. The third-order valence-corrected chi connectivity index (χ3v) is 5.31. The van der Waals surface area contributed by atoms with E-state index >= 15 is 0 Å². The monoisotopic (exact) mass is 428 g/mol. The van der Waals surface area contributed by atoms with Crippen LogP contribution in [0.2, 0.25) is 0 Å². The minimum Gasteiger partial charge on any atom is -0.372 e. The summed E-state index contributed by atoms with van der Waals surface area (Å²) >= 11 is 6.58. The summed E-state index contributed by atoms with van der Waals surface area (Å²) in [6.45, 7) is 6.00. The number of nitrogens with zero attached hydrogens (tertiary/aromatic N) is 2. The van der Waals surface area contributed by atoms with E-state index in [0.29, 0.717) is 16.4 Å². The number of carbonyl (C=O) groups is 1. The average molecular weight is 429 g/mol. The molecule has 2 N–H and O–H groups in total. The highest BCUT2D eigenvalue weighted by molar-refractivity contribution is 7.80. The maximum atomic E-state index is 13.0. The van der Waals surface area contributed by atoms with Crippen molar-refractivity contribution in [2.45, 2.75) is 13.8 Å². The molecule has 3 aromatic rings. The molecule has 0 bridgehead atoms. The predicted octanol–water partition coefficient (Wildman–Crippen LogP) is 4.92. The maximum absolute atomic E-state index is 13.0. The molecule has 2 aromatic carbocycles. The Morgan fingerprint density at radius 2 is 1.76 bits per heavy atom. The molecular formula is C21H21FN4OS2. The molecule has 150 valence electrons. The highest BCUT2D eigenvalue weighted by atomic mass is 32.1. The standard InChI is InChI=1S/C21H21FN4OS2/c1-3-26(4-2)17-11-7-15(8-12-17)19(27)24-20(28)25-21-23-18(13-29-21)14-5-9-16(22)10-6-14/h5-13H,3-4H2,1-2H3,(H2,23,24,25,27,28). The Balaban J connectivity index is 1.59. The molecule has 0 spiro atoms. The van der Waals surface area contributed by atoms with Crippen LogP contribution in [0.15, 0.2) is 53.9 Å². The van der Waals surface area contributed by atoms with Crippen LogP contribution in [-0.2, 0) is 0 Å². The van der Waals surface area contributed by atoms with E-state index in [1.165, 1.54) is 23.5 Å². The first-order valence-corrected chi connectivity index (χ1v) is 10.5. The minimum absolute atomic E-state index is 0.169. The zero-order valence-electron chi connectivity index (χ0n) is 16.1. The molecule has 0 saturated carbocycles. The molecule has 0 atom stereocenters. The molecule has 5 nitrogen and oxygen atoms in total. The normalized spacial score (nSPS) is 10.4. The Bertz CT molecular complexity index is 983. The van der Waals surface area contributed by atoms with Crippen molar-refractivity contribution in [3.05, 3.63) is 65.3 Å². The minimum atomic E-state index is -0.295. The summed E-state index contributed by atoms with van der Waals surface area (Å²) in [5, 5.41) is 8.14. The van der Waals surface area contributed by atoms with Crippen molar-refractivity contribution in [1.29, 1.82) is 0 Å². The van der Waals surface area contributed by atoms with E-state index in [1.54, 1.807) is 24.3 Å². The predicted molar refractivity (Wildman–Crippen MR) is 121 cm³/mol. The van der Waals surface area contributed by atoms with Gasteiger partial charge in [0.05, 0.1) is 5.69 Å². The second-order valence-electron chi connectivity index (χ2n) is 6.17. The molecule has 29 heavy (non-hydrogen) atoms. The van der Waals surface area contributed by atoms with E-state index in [4.69, 9.17) is 12.2 Å². The first-order chi connectivity index (χ1) is 14.0. The van der Waals surface area contributed by atoms with Crippen molar-refractivity contribution in [3.8, 4) is 11.3 Å². The van der Waals surface area contributed by atoms with Gasteiger partial charge in [0.25, 0.3) is 5.91 Å². The highest BCUT2D eigenvalue weighted by Gasteiger charge is 2.11. The van der Waals surface area contributed by atoms with Crippen molar-refractivity contribution in [3.63, 3.8) is 0 Å². The fraction of sp³-hybridized carbons (Fsp3) is 0.190. The van der Waals surface area contributed by atoms with Gasteiger partial charge in [0, 0.05) is 35.3 Å². The lowest BCUT2D eigenvalue weighted by atomic mass is 10.2. The topological polar surface area (TPSA) is 57.3 Å². The highest BCUT2D eigenvalue weighted by Crippen LogP contribution is 2.25. The zero-order valence-corrected chi connectivity index (χ0v) is 17.7. The third kappa shape index (κ3) is 5.36. The Morgan fingerprint density at radius 1 is 1.10 bits per heavy atom. The van der Waals surface area contributed by atoms with Crippen molar-refractivity contribution in [1.82, 2.24) is 10.3 Å². The van der Waals surface area contributed by atoms with Gasteiger partial charge in [0.1, 0.15) is 5.82 Å². The van der Waals surface area contributed by atoms with Gasteiger partial charge in [-0.1, -0.05) is 0 Å². The maximum Gasteiger partial charge on any atom is 0.257 e. The van der Waals surface area contributed by atoms with Crippen LogP contribution in [0.25, 0.3) is 11.3 Å². The molecule has 1 heterocycles. The molecule has 0 aliphatic rings. The summed E-state index contributed by atoms with van der Waals surface area (Å²) < 4.78 is 13.0. The van der Waals surface area contributed by atoms with Gasteiger partial charge in [-0.3, -0.25) is 10.1 Å². The summed E-state index contributed by atoms with van der Waals surface area (Å²) in [6.07, 6.45) is 0. The van der Waals surface area contributed by atoms with Gasteiger partial charge in [-0.05, 0) is 74.6 Å². The molecule has 0 unspecified atom stereocenters. The Morgan fingerprint density at radius 3 is 2.38 bits per heavy atom. The van der Waals surface area contributed by atoms with Gasteiger partial charge in [-0.15, -0.1) is 11.3 Å². The molecule has 1 aromatic heterocycles. The van der Waals surface area contributed by atoms with Crippen LogP contribution in [-0.4, -0.2) is 29.1 Å². The Labute approximate surface area is 178 Å². The number of nitrogens with one attached hydrogen (secondary N) is 2. The van der Waals surface area contributed by atoms with Crippen molar-refractivity contribution in [2.75, 3.05) is 23.3 Å². The number of carbonyl (C=O) groups excluding carboxylic acids is 1. The second-order valence-corrected chi connectivity index (χ2v) is 7.44. The smallest absolute Gasteiger partial charge is 0.257 e. The number of thiocarbonyl (C=S) groups is 1. The first-order valence-electron chi connectivity index (χ1n) is 9.19. The number of halogens is 1. The number of anilines is 2. The molecule has 0 saturated heterocycles. The average Bonchev–Trinajstić information content (AvgIpc) is 3.18. The summed E-state index contributed by atoms with van der Waals surface area (Å²) in [5.74, 6) is -0.583. The van der Waals surface area contributed by atoms with Crippen LogP contribution in [0, 0.1) is 5.82 Å². The fourth-order valence-corrected chi connectivity index (χ4v) is 3.78. The summed E-state index contributed by atoms with van der Waals surface area (Å²) in [4.78, 5) is 19.0. The number of hydrogen-bond donors (Lipinski definition) is 2. The van der Waals surface area contributed by atoms with Crippen LogP contribution in [0.1, 0.15) is 24.2 Å². The lowest BCUT2D eigenvalue weighted by molar-refractivity contribution is 0.0978. The molecule has 0 aliphatic heterocycles. The van der Waals surface area contributed by atoms with Gasteiger partial charge >= 0.3 is 0 Å². The van der Waals surface area contributed by atoms with Crippen LogP contribution >= 0.6 is 23.6 Å². The van der Waals surface area contributed by atoms with E-state index in [9.17, 15) is 9.18 Å². The van der Waals surface area contributed by atoms with Gasteiger partial charge in [0.2, 0.25) is 0 Å². The number of benzene rings is 2. The van der Waals surface area contributed by atoms with Crippen molar-refractivity contribution in [2.24, 2.45) is 0 Å². The quantitative estimate of drug-likeness (QED) is 0.546. The number of amides is 1. The fourth-order valence-electron chi connectivity index (χ4n) is 2.80. The largest absolute Gasteiger partial charge is 0.372 e. The summed E-state index contributed by atoms with van der Waals surface area (Å²) in [7, 11) is 0. The second kappa shape index (κ2) is 9.58. The van der Waals surface area contributed by atoms with Crippen molar-refractivity contribution < 1.29 is 9.18 Å². The van der Waals surface area contributed by atoms with E-state index in [-0.39, 0.29) is 16.8 Å². The van der Waals surface area contributed by atoms with E-state index in [2.05, 4.69) is 34.4 Å². The number of rotatable bonds is 6. The SMILES string of the molecule is CCN(CC)c1ccc(C(=O)NC(=S)Nc2nc(-c3ccc(F)cc3)cs2)cc1. The van der Waals surface area contributed by atoms with Crippen LogP contribution in [0.3, 0.4) is 0 Å². The van der Waals surface area contributed by atoms with Gasteiger partial charge in [-0.25, -0.2) is 9.37 Å². The summed E-state index contributed by atoms with van der Waals surface area (Å²) in [6, 6.07) is 13.5. The number of hydrogen-bond acceptors (Lipinski definition) is 5. The van der Waals surface area contributed by atoms with E-state index < -0.39 is 0 Å². The third-order valence-electron chi connectivity index (χ3n) is 4.35. The first kappa shape index (κ1) is 20.9. The molecular weight excluding hydrogens is 407 g/mol. The molecule has 8 heteroatoms. The molecule has 0 fully saturated rings. The zero-order chi connectivity index (χ0) is 20.8. The molecule has 1 amide bonds.